The van der Waals surface area contributed by atoms with Crippen molar-refractivity contribution in [3.63, 3.8) is 0 Å². The van der Waals surface area contributed by atoms with Gasteiger partial charge in [0.2, 0.25) is 100 Å². The zero-order valence-corrected chi connectivity index (χ0v) is 77.4. The quantitative estimate of drug-likeness (QED) is 0.0233. The Kier molecular flexibility index (Phi) is 37.2. The van der Waals surface area contributed by atoms with Gasteiger partial charge >= 0.3 is 5.97 Å². The molecule has 5 aromatic carbocycles. The Labute approximate surface area is 790 Å². The van der Waals surface area contributed by atoms with E-state index in [0.29, 0.717) is 56.0 Å². The fraction of sp³-hybridized carbons (Fsp3) is 0.458. The maximum absolute atomic E-state index is 15.2. The SMILES string of the molecule is CC(=O)N[C@@H](Cc1ccccc1)C(=O)N[C@@H](CCC(=O)O)C(=O)N[C@@H](Cc1c[nH]c2ccccc12)C(=O)N[C@H](C(=O)N1CCC[C@H]1C(=O)NCC(=O)N[C@@H](Cc1c[nH]c2ccccc12)C(=O)N[C@@H](Cc1ccc(O)cc1)C(=O)N[C@@H](CCC(N)=O)C(=O)N1CCC1C(=O)N[C@@H](Cc1ccc(O)cc1)C(=O)N[C@@H](C)C(=O)N[C@@H](CC(C)C)C(=O)N1CCC[C@H]1C(=O)N[C@@H](CC(C)C)C(N)=O)[C@@H](C)O. The highest BCUT2D eigenvalue weighted by Crippen LogP contribution is 2.28. The number of aliphatic carboxylic acids is 1. The van der Waals surface area contributed by atoms with Crippen molar-refractivity contribution in [2.24, 2.45) is 23.3 Å². The van der Waals surface area contributed by atoms with Gasteiger partial charge in [0.25, 0.3) is 0 Å². The minimum Gasteiger partial charge on any atom is -0.508 e. The van der Waals surface area contributed by atoms with Crippen LogP contribution in [0.4, 0.5) is 0 Å². The van der Waals surface area contributed by atoms with E-state index in [0.717, 1.165) is 9.80 Å². The summed E-state index contributed by atoms with van der Waals surface area (Å²) in [6.45, 7) is 10.2. The molecule has 3 aliphatic rings. The van der Waals surface area contributed by atoms with Gasteiger partial charge in [0, 0.05) is 106 Å². The highest BCUT2D eigenvalue weighted by atomic mass is 16.4. The van der Waals surface area contributed by atoms with Gasteiger partial charge in [-0.25, -0.2) is 0 Å². The van der Waals surface area contributed by atoms with Crippen LogP contribution in [0.1, 0.15) is 147 Å². The number of para-hydroxylation sites is 2. The molecule has 0 aliphatic carbocycles. The third-order valence-electron chi connectivity index (χ3n) is 24.2. The van der Waals surface area contributed by atoms with E-state index in [1.54, 1.807) is 91.3 Å². The summed E-state index contributed by atoms with van der Waals surface area (Å²) in [5.74, 6) is -16.4. The number of hydrogen-bond acceptors (Lipinski definition) is 21. The zero-order chi connectivity index (χ0) is 99.6. The van der Waals surface area contributed by atoms with E-state index < -0.39 is 229 Å². The molecule has 7 aromatic rings. The van der Waals surface area contributed by atoms with Crippen LogP contribution in [0, 0.1) is 11.8 Å². The number of H-pyrrole nitrogens is 2. The first-order valence-electron chi connectivity index (χ1n) is 45.8. The number of fused-ring (bicyclic) bond motifs is 2. The predicted octanol–water partition coefficient (Wildman–Crippen LogP) is -0.266. The van der Waals surface area contributed by atoms with Gasteiger partial charge in [0.05, 0.1) is 12.6 Å². The normalized spacial score (nSPS) is 17.2. The van der Waals surface area contributed by atoms with Crippen molar-refractivity contribution in [3.8, 4) is 11.5 Å². The van der Waals surface area contributed by atoms with Crippen LogP contribution in [0.5, 0.6) is 11.5 Å². The first-order valence-corrected chi connectivity index (χ1v) is 45.8. The zero-order valence-electron chi connectivity index (χ0n) is 77.4. The molecule has 137 heavy (non-hydrogen) atoms. The second kappa shape index (κ2) is 48.9. The Morgan fingerprint density at radius 3 is 1.30 bits per heavy atom. The molecule has 1 unspecified atom stereocenters. The number of nitrogens with two attached hydrogens (primary N) is 2. The molecular formula is C96H123N19O22. The van der Waals surface area contributed by atoms with Crippen molar-refractivity contribution < 1.29 is 107 Å². The Hall–Kier alpha value is -14.8. The molecule has 17 amide bonds. The Morgan fingerprint density at radius 2 is 0.803 bits per heavy atom. The topological polar surface area (TPSA) is 626 Å². The molecule has 0 saturated carbocycles. The maximum atomic E-state index is 15.2. The van der Waals surface area contributed by atoms with E-state index in [4.69, 9.17) is 11.5 Å². The molecule has 0 bridgehead atoms. The molecule has 2 aromatic heterocycles. The van der Waals surface area contributed by atoms with Gasteiger partial charge < -0.3 is 120 Å². The van der Waals surface area contributed by atoms with Gasteiger partial charge in [0.1, 0.15) is 96.1 Å². The van der Waals surface area contributed by atoms with Crippen LogP contribution in [-0.2, 0) is 118 Å². The fourth-order valence-corrected chi connectivity index (χ4v) is 17.0. The number of aromatic nitrogens is 2. The summed E-state index contributed by atoms with van der Waals surface area (Å²) in [6, 6.07) is 13.8. The average Bonchev–Trinajstić information content (AvgIpc) is 1.76. The lowest BCUT2D eigenvalue weighted by molar-refractivity contribution is -0.151. The van der Waals surface area contributed by atoms with Crippen LogP contribution in [0.2, 0.25) is 0 Å². The summed E-state index contributed by atoms with van der Waals surface area (Å²) >= 11 is 0. The molecule has 734 valence electrons. The van der Waals surface area contributed by atoms with E-state index >= 15 is 14.4 Å². The number of carboxylic acid groups (broad SMARTS) is 1. The van der Waals surface area contributed by atoms with E-state index in [2.05, 4.69) is 73.8 Å². The number of hydrogen-bond donors (Lipinski definition) is 20. The van der Waals surface area contributed by atoms with Crippen LogP contribution < -0.4 is 75.3 Å². The number of nitrogens with one attached hydrogen (secondary N) is 14. The van der Waals surface area contributed by atoms with Crippen LogP contribution >= 0.6 is 0 Å². The smallest absolute Gasteiger partial charge is 0.303 e. The fourth-order valence-electron chi connectivity index (χ4n) is 17.0. The van der Waals surface area contributed by atoms with Crippen molar-refractivity contribution >= 4 is 128 Å². The largest absolute Gasteiger partial charge is 0.508 e. The number of amides is 17. The van der Waals surface area contributed by atoms with Gasteiger partial charge in [-0.15, -0.1) is 0 Å². The number of aliphatic hydroxyl groups is 1. The van der Waals surface area contributed by atoms with Crippen molar-refractivity contribution in [2.45, 2.75) is 242 Å². The van der Waals surface area contributed by atoms with E-state index in [1.165, 1.54) is 74.2 Å². The van der Waals surface area contributed by atoms with Gasteiger partial charge in [-0.3, -0.25) is 86.3 Å². The Bertz CT molecular complexity index is 5530. The van der Waals surface area contributed by atoms with Crippen LogP contribution in [0.25, 0.3) is 21.8 Å². The predicted molar refractivity (Wildman–Crippen MR) is 498 cm³/mol. The summed E-state index contributed by atoms with van der Waals surface area (Å²) in [5, 5.41) is 74.5. The first kappa shape index (κ1) is 104. The van der Waals surface area contributed by atoms with Gasteiger partial charge in [0.15, 0.2) is 0 Å². The molecule has 10 rings (SSSR count). The van der Waals surface area contributed by atoms with E-state index in [9.17, 15) is 92.3 Å². The van der Waals surface area contributed by atoms with Crippen LogP contribution in [0.15, 0.2) is 140 Å². The monoisotopic (exact) mass is 1890 g/mol. The molecule has 22 N–H and O–H groups in total. The molecule has 3 fully saturated rings. The standard InChI is InChI=1S/C96H123N19O22/c1-51(2)41-69(83(98)124)107-92(133)77-24-16-38-113(77)95(136)75(42-52(3)4)111-84(125)53(5)102-86(127)71(44-57-25-29-61(118)30-26-57)110-93(134)78-37-40-115(78)94(135)68(33-35-79(97)120)106-88(129)72(45-58-27-31-62(119)32-28-58)108-89(130)73(46-59-48-99-65-21-13-11-19-63(59)65)104-80(121)50-101-91(132)76-23-15-39-114(76)96(137)82(54(6)116)112-90(131)74(47-60-49-100-66-22-14-12-20-64(60)66)109-85(126)67(34-36-81(122)123)105-87(128)70(103-55(7)117)43-56-17-9-8-10-18-56/h8-14,17-22,25-32,48-49,51-54,67-78,82,99-100,116,118-119H,15-16,23-24,33-47,50H2,1-7H3,(H2,97,120)(H2,98,124)(H,101,132)(H,102,127)(H,103,117)(H,104,121)(H,105,128)(H,106,129)(H,107,133)(H,108,130)(H,109,126)(H,110,134)(H,111,125)(H,112,131)(H,122,123)/t53-,54+,67-,68-,69-,70-,71-,72-,73-,74-,75-,76-,77-,78?,82-/m0/s1. The number of aliphatic hydroxyl groups excluding tert-OH is 1. The lowest BCUT2D eigenvalue weighted by Gasteiger charge is -2.42. The van der Waals surface area contributed by atoms with Crippen molar-refractivity contribution in [2.75, 3.05) is 26.2 Å². The van der Waals surface area contributed by atoms with E-state index in [1.807, 2.05) is 27.7 Å². The third kappa shape index (κ3) is 29.6. The van der Waals surface area contributed by atoms with Crippen LogP contribution in [0.3, 0.4) is 0 Å². The Morgan fingerprint density at radius 1 is 0.401 bits per heavy atom. The molecule has 0 radical (unpaired) electrons. The van der Waals surface area contributed by atoms with Gasteiger partial charge in [-0.1, -0.05) is 119 Å². The second-order valence-electron chi connectivity index (χ2n) is 35.8. The number of carbonyl (C=O) groups excluding carboxylic acids is 17. The van der Waals surface area contributed by atoms with Crippen LogP contribution in [-0.4, -0.2) is 268 Å². The summed E-state index contributed by atoms with van der Waals surface area (Å²) in [6.07, 6.45) is -0.484. The number of benzene rings is 5. The number of nitrogens with zero attached hydrogens (tertiary/aromatic N) is 3. The average molecular weight is 1900 g/mol. The highest BCUT2D eigenvalue weighted by Gasteiger charge is 2.46. The molecule has 41 heteroatoms. The number of carboxylic acids is 1. The molecule has 41 nitrogen and oxygen atoms in total. The molecular weight excluding hydrogens is 1770 g/mol. The Balaban J connectivity index is 0.824. The van der Waals surface area contributed by atoms with Gasteiger partial charge in [-0.05, 0) is 148 Å². The summed E-state index contributed by atoms with van der Waals surface area (Å²) in [7, 11) is 0. The summed E-state index contributed by atoms with van der Waals surface area (Å²) in [4.78, 5) is 263. The molecule has 15 atom stereocenters. The van der Waals surface area contributed by atoms with E-state index in [-0.39, 0.29) is 114 Å². The number of carbonyl (C=O) groups is 18. The van der Waals surface area contributed by atoms with Crippen molar-refractivity contribution in [1.82, 2.24) is 88.5 Å². The number of primary amides is 2. The number of aromatic amines is 2. The third-order valence-corrected chi connectivity index (χ3v) is 24.2. The number of aromatic hydroxyl groups is 2. The summed E-state index contributed by atoms with van der Waals surface area (Å²) < 4.78 is 0. The van der Waals surface area contributed by atoms with Gasteiger partial charge in [-0.2, -0.15) is 0 Å². The lowest BCUT2D eigenvalue weighted by Crippen LogP contribution is -2.65. The van der Waals surface area contributed by atoms with Crippen molar-refractivity contribution in [1.29, 1.82) is 0 Å². The minimum atomic E-state index is -1.81. The molecule has 3 saturated heterocycles. The maximum Gasteiger partial charge on any atom is 0.303 e. The number of phenols is 2. The number of likely N-dealkylation sites (tertiary alicyclic amines) is 3. The first-order chi connectivity index (χ1) is 65.2. The summed E-state index contributed by atoms with van der Waals surface area (Å²) in [5.41, 5.74) is 14.9. The van der Waals surface area contributed by atoms with Crippen molar-refractivity contribution in [3.05, 3.63) is 168 Å². The number of phenolic OH excluding ortho intramolecular Hbond substituents is 2. The minimum absolute atomic E-state index is 0.00337. The molecule has 0 spiro atoms. The molecule has 5 heterocycles. The highest BCUT2D eigenvalue weighted by molar-refractivity contribution is 6.02. The number of rotatable bonds is 48. The second-order valence-corrected chi connectivity index (χ2v) is 35.8. The molecule has 3 aliphatic heterocycles. The lowest BCUT2D eigenvalue weighted by atomic mass is 9.97.